The highest BCUT2D eigenvalue weighted by Crippen LogP contribution is 2.23. The minimum atomic E-state index is -0.492. The molecule has 0 unspecified atom stereocenters. The maximum absolute atomic E-state index is 14.5. The highest BCUT2D eigenvalue weighted by Gasteiger charge is 2.14. The third-order valence-electron chi connectivity index (χ3n) is 4.14. The Kier molecular flexibility index (Phi) is 6.75. The highest BCUT2D eigenvalue weighted by atomic mass is 32.2. The Balaban J connectivity index is 1.73. The number of hydrogen-bond donors (Lipinski definition) is 0. The van der Waals surface area contributed by atoms with Gasteiger partial charge in [-0.25, -0.2) is 9.37 Å². The van der Waals surface area contributed by atoms with Crippen LogP contribution in [0.15, 0.2) is 70.7 Å². The second-order valence-corrected chi connectivity index (χ2v) is 9.04. The van der Waals surface area contributed by atoms with Gasteiger partial charge in [0.25, 0.3) is 5.56 Å². The van der Waals surface area contributed by atoms with E-state index < -0.39 is 5.82 Å². The first-order valence-corrected chi connectivity index (χ1v) is 10.5. The lowest BCUT2D eigenvalue weighted by atomic mass is 9.99. The van der Waals surface area contributed by atoms with Crippen molar-refractivity contribution >= 4 is 11.8 Å². The van der Waals surface area contributed by atoms with E-state index in [-0.39, 0.29) is 16.7 Å². The summed E-state index contributed by atoms with van der Waals surface area (Å²) >= 11 is 1.41. The summed E-state index contributed by atoms with van der Waals surface area (Å²) in [5.41, 5.74) is 1.33. The normalized spacial score (nSPS) is 11.4. The molecule has 0 bridgehead atoms. The van der Waals surface area contributed by atoms with Crippen molar-refractivity contribution in [3.8, 4) is 11.4 Å². The van der Waals surface area contributed by atoms with Crippen molar-refractivity contribution in [2.75, 3.05) is 12.4 Å². The molecule has 0 N–H and O–H groups in total. The monoisotopic (exact) mass is 412 g/mol. The van der Waals surface area contributed by atoms with Crippen LogP contribution < -0.4 is 10.3 Å². The lowest BCUT2D eigenvalue weighted by molar-refractivity contribution is 0.191. The van der Waals surface area contributed by atoms with Crippen LogP contribution in [0.5, 0.6) is 5.75 Å². The fourth-order valence-electron chi connectivity index (χ4n) is 2.66. The number of aromatic nitrogens is 2. The first-order valence-electron chi connectivity index (χ1n) is 9.51. The molecule has 3 rings (SSSR count). The maximum atomic E-state index is 14.5. The maximum Gasteiger partial charge on any atom is 0.287 e. The minimum Gasteiger partial charge on any atom is -0.490 e. The van der Waals surface area contributed by atoms with E-state index in [1.165, 1.54) is 28.0 Å². The molecule has 0 atom stereocenters. The fraction of sp³-hybridized carbons (Fsp3) is 0.304. The van der Waals surface area contributed by atoms with Crippen molar-refractivity contribution in [2.24, 2.45) is 5.41 Å². The van der Waals surface area contributed by atoms with E-state index in [1.807, 2.05) is 39.0 Å². The molecule has 0 saturated carbocycles. The van der Waals surface area contributed by atoms with Gasteiger partial charge in [0, 0.05) is 24.2 Å². The Morgan fingerprint density at radius 1 is 1.14 bits per heavy atom. The van der Waals surface area contributed by atoms with Gasteiger partial charge in [0.15, 0.2) is 16.6 Å². The van der Waals surface area contributed by atoms with Crippen LogP contribution in [0.1, 0.15) is 26.3 Å². The van der Waals surface area contributed by atoms with E-state index in [0.717, 1.165) is 12.2 Å². The fourth-order valence-corrected chi connectivity index (χ4v) is 3.55. The van der Waals surface area contributed by atoms with Crippen LogP contribution in [0, 0.1) is 11.2 Å². The topological polar surface area (TPSA) is 44.1 Å². The van der Waals surface area contributed by atoms with Gasteiger partial charge in [0.2, 0.25) is 0 Å². The molecule has 1 aromatic heterocycles. The number of ether oxygens (including phenoxy) is 1. The van der Waals surface area contributed by atoms with Gasteiger partial charge in [-0.15, -0.1) is 11.8 Å². The van der Waals surface area contributed by atoms with Crippen LogP contribution in [0.3, 0.4) is 0 Å². The number of halogens is 1. The van der Waals surface area contributed by atoms with Gasteiger partial charge in [-0.1, -0.05) is 51.1 Å². The van der Waals surface area contributed by atoms with Crippen LogP contribution in [-0.2, 0) is 6.42 Å². The van der Waals surface area contributed by atoms with Crippen molar-refractivity contribution in [2.45, 2.75) is 32.2 Å². The molecule has 0 fully saturated rings. The average molecular weight is 413 g/mol. The number of benzene rings is 2. The Morgan fingerprint density at radius 2 is 1.90 bits per heavy atom. The molecule has 152 valence electrons. The Hall–Kier alpha value is -2.60. The van der Waals surface area contributed by atoms with Crippen molar-refractivity contribution in [1.29, 1.82) is 0 Å². The molecule has 6 heteroatoms. The van der Waals surface area contributed by atoms with E-state index in [9.17, 15) is 9.18 Å². The molecule has 0 radical (unpaired) electrons. The summed E-state index contributed by atoms with van der Waals surface area (Å²) in [4.78, 5) is 17.0. The molecular formula is C23H25FN2O2S. The van der Waals surface area contributed by atoms with Gasteiger partial charge >= 0.3 is 0 Å². The number of nitrogens with zero attached hydrogens (tertiary/aromatic N) is 2. The second kappa shape index (κ2) is 9.27. The third kappa shape index (κ3) is 5.94. The van der Waals surface area contributed by atoms with Gasteiger partial charge in [0.1, 0.15) is 0 Å². The Labute approximate surface area is 174 Å². The van der Waals surface area contributed by atoms with Crippen LogP contribution >= 0.6 is 11.8 Å². The van der Waals surface area contributed by atoms with Crippen LogP contribution in [-0.4, -0.2) is 21.9 Å². The Morgan fingerprint density at radius 3 is 2.59 bits per heavy atom. The molecular weight excluding hydrogens is 387 g/mol. The summed E-state index contributed by atoms with van der Waals surface area (Å²) in [6.07, 6.45) is 3.96. The SMILES string of the molecule is CC(C)(C)COc1ccc(-n2ccnc(SCCc3ccccc3)c2=O)cc1F. The van der Waals surface area contributed by atoms with Crippen molar-refractivity contribution in [3.63, 3.8) is 0 Å². The van der Waals surface area contributed by atoms with E-state index >= 15 is 0 Å². The lowest BCUT2D eigenvalue weighted by Gasteiger charge is -2.19. The number of hydrogen-bond acceptors (Lipinski definition) is 4. The van der Waals surface area contributed by atoms with Crippen molar-refractivity contribution in [3.05, 3.63) is 82.7 Å². The first kappa shape index (κ1) is 21.1. The summed E-state index contributed by atoms with van der Waals surface area (Å²) in [6, 6.07) is 14.7. The number of thioether (sulfide) groups is 1. The predicted molar refractivity (Wildman–Crippen MR) is 116 cm³/mol. The number of rotatable bonds is 7. The zero-order valence-electron chi connectivity index (χ0n) is 16.9. The number of aryl methyl sites for hydroxylation is 1. The smallest absolute Gasteiger partial charge is 0.287 e. The van der Waals surface area contributed by atoms with Gasteiger partial charge < -0.3 is 4.74 Å². The first-order chi connectivity index (χ1) is 13.8. The molecule has 2 aromatic carbocycles. The Bertz CT molecular complexity index is 1010. The van der Waals surface area contributed by atoms with Gasteiger partial charge in [-0.05, 0) is 29.5 Å². The van der Waals surface area contributed by atoms with Gasteiger partial charge in [-0.3, -0.25) is 9.36 Å². The largest absolute Gasteiger partial charge is 0.490 e. The lowest BCUT2D eigenvalue weighted by Crippen LogP contribution is -2.21. The van der Waals surface area contributed by atoms with Crippen LogP contribution in [0.25, 0.3) is 5.69 Å². The summed E-state index contributed by atoms with van der Waals surface area (Å²) in [7, 11) is 0. The van der Waals surface area contributed by atoms with Gasteiger partial charge in [-0.2, -0.15) is 0 Å². The van der Waals surface area contributed by atoms with Crippen molar-refractivity contribution < 1.29 is 9.13 Å². The molecule has 3 aromatic rings. The summed E-state index contributed by atoms with van der Waals surface area (Å²) in [6.45, 7) is 6.47. The van der Waals surface area contributed by atoms with Crippen LogP contribution in [0.4, 0.5) is 4.39 Å². The van der Waals surface area contributed by atoms with E-state index in [2.05, 4.69) is 17.1 Å². The quantitative estimate of drug-likeness (QED) is 0.505. The molecule has 0 saturated heterocycles. The molecule has 0 amide bonds. The molecule has 0 aliphatic heterocycles. The molecule has 0 spiro atoms. The average Bonchev–Trinajstić information content (AvgIpc) is 2.68. The van der Waals surface area contributed by atoms with Crippen LogP contribution in [0.2, 0.25) is 0 Å². The van der Waals surface area contributed by atoms with E-state index in [1.54, 1.807) is 24.5 Å². The zero-order valence-corrected chi connectivity index (χ0v) is 17.7. The molecule has 0 aliphatic rings. The standard InChI is InChI=1S/C23H25FN2O2S/c1-23(2,3)16-28-20-10-9-18(15-19(20)24)26-13-12-25-21(22(26)27)29-14-11-17-7-5-4-6-8-17/h4-10,12-13,15H,11,14,16H2,1-3H3. The summed E-state index contributed by atoms with van der Waals surface area (Å²) in [5, 5.41) is 0.400. The molecule has 0 aliphatic carbocycles. The zero-order chi connectivity index (χ0) is 20.9. The minimum absolute atomic E-state index is 0.0704. The molecule has 29 heavy (non-hydrogen) atoms. The van der Waals surface area contributed by atoms with Gasteiger partial charge in [0.05, 0.1) is 12.3 Å². The predicted octanol–water partition coefficient (Wildman–Crippen LogP) is 5.13. The molecule has 1 heterocycles. The summed E-state index contributed by atoms with van der Waals surface area (Å²) in [5.74, 6) is 0.432. The van der Waals surface area contributed by atoms with E-state index in [4.69, 9.17) is 4.74 Å². The third-order valence-corrected chi connectivity index (χ3v) is 5.10. The second-order valence-electron chi connectivity index (χ2n) is 7.96. The summed E-state index contributed by atoms with van der Waals surface area (Å²) < 4.78 is 21.4. The van der Waals surface area contributed by atoms with E-state index in [0.29, 0.717) is 17.3 Å². The van der Waals surface area contributed by atoms with Crippen molar-refractivity contribution in [1.82, 2.24) is 9.55 Å². The highest BCUT2D eigenvalue weighted by molar-refractivity contribution is 7.99. The molecule has 4 nitrogen and oxygen atoms in total.